The van der Waals surface area contributed by atoms with Crippen molar-refractivity contribution < 1.29 is 18.4 Å². The smallest absolute Gasteiger partial charge is 0.240 e. The molecule has 100 valence electrons. The third-order valence-corrected chi connectivity index (χ3v) is 2.73. The molecule has 0 amide bonds. The number of hydrogen-bond donors (Lipinski definition) is 1. The first-order chi connectivity index (χ1) is 9.29. The summed E-state index contributed by atoms with van der Waals surface area (Å²) in [5, 5.41) is 3.72. The Bertz CT molecular complexity index is 600. The van der Waals surface area contributed by atoms with Crippen LogP contribution in [0.3, 0.4) is 0 Å². The lowest BCUT2D eigenvalue weighted by Gasteiger charge is -2.10. The first-order valence-electron chi connectivity index (χ1n) is 5.90. The molecule has 7 heteroatoms. The van der Waals surface area contributed by atoms with Gasteiger partial charge in [-0.2, -0.15) is 4.98 Å². The first kappa shape index (κ1) is 11.9. The molecule has 0 fully saturated rings. The molecule has 0 saturated heterocycles. The van der Waals surface area contributed by atoms with Gasteiger partial charge in [-0.05, 0) is 12.1 Å². The van der Waals surface area contributed by atoms with Gasteiger partial charge in [0.1, 0.15) is 11.4 Å². The molecule has 19 heavy (non-hydrogen) atoms. The van der Waals surface area contributed by atoms with Crippen molar-refractivity contribution in [1.82, 2.24) is 10.1 Å². The van der Waals surface area contributed by atoms with E-state index in [0.717, 1.165) is 6.42 Å². The Balaban J connectivity index is 2.13. The highest BCUT2D eigenvalue weighted by Gasteiger charge is 2.23. The fourth-order valence-electron chi connectivity index (χ4n) is 1.86. The van der Waals surface area contributed by atoms with Crippen molar-refractivity contribution >= 4 is 0 Å². The Kier molecular flexibility index (Phi) is 3.04. The van der Waals surface area contributed by atoms with E-state index in [-0.39, 0.29) is 23.8 Å². The van der Waals surface area contributed by atoms with Crippen LogP contribution in [0, 0.1) is 5.82 Å². The SMILES string of the molecule is NCc1nc(-c2c(F)ccc3c2OCCCO3)no1. The third-order valence-electron chi connectivity index (χ3n) is 2.73. The second-order valence-electron chi connectivity index (χ2n) is 4.02. The van der Waals surface area contributed by atoms with Crippen molar-refractivity contribution in [3.05, 3.63) is 23.8 Å². The van der Waals surface area contributed by atoms with Crippen molar-refractivity contribution in [2.45, 2.75) is 13.0 Å². The molecule has 0 saturated carbocycles. The van der Waals surface area contributed by atoms with Crippen LogP contribution in [-0.2, 0) is 6.54 Å². The number of ether oxygens (including phenoxy) is 2. The number of halogens is 1. The molecule has 0 aliphatic carbocycles. The molecule has 3 rings (SSSR count). The highest BCUT2D eigenvalue weighted by atomic mass is 19.1. The van der Waals surface area contributed by atoms with Gasteiger partial charge in [0.05, 0.1) is 19.8 Å². The molecule has 1 aromatic heterocycles. The zero-order valence-electron chi connectivity index (χ0n) is 10.1. The van der Waals surface area contributed by atoms with E-state index in [1.165, 1.54) is 12.1 Å². The van der Waals surface area contributed by atoms with Crippen LogP contribution in [0.1, 0.15) is 12.3 Å². The van der Waals surface area contributed by atoms with Crippen LogP contribution in [0.4, 0.5) is 4.39 Å². The molecule has 0 bridgehead atoms. The summed E-state index contributed by atoms with van der Waals surface area (Å²) in [6.07, 6.45) is 0.732. The van der Waals surface area contributed by atoms with Gasteiger partial charge in [-0.3, -0.25) is 0 Å². The molecule has 0 atom stereocenters. The van der Waals surface area contributed by atoms with Gasteiger partial charge >= 0.3 is 0 Å². The maximum absolute atomic E-state index is 14.0. The normalized spacial score (nSPS) is 14.2. The maximum Gasteiger partial charge on any atom is 0.240 e. The van der Waals surface area contributed by atoms with Crippen LogP contribution in [0.15, 0.2) is 16.7 Å². The molecular formula is C12H12FN3O3. The number of fused-ring (bicyclic) bond motifs is 1. The second-order valence-corrected chi connectivity index (χ2v) is 4.02. The monoisotopic (exact) mass is 265 g/mol. The van der Waals surface area contributed by atoms with Crippen molar-refractivity contribution in [2.75, 3.05) is 13.2 Å². The van der Waals surface area contributed by atoms with Crippen LogP contribution in [0.2, 0.25) is 0 Å². The molecule has 6 nitrogen and oxygen atoms in total. The van der Waals surface area contributed by atoms with Gasteiger partial charge in [0, 0.05) is 6.42 Å². The molecule has 1 aromatic carbocycles. The van der Waals surface area contributed by atoms with Crippen molar-refractivity contribution in [3.8, 4) is 22.9 Å². The Morgan fingerprint density at radius 2 is 2.11 bits per heavy atom. The van der Waals surface area contributed by atoms with E-state index in [1.807, 2.05) is 0 Å². The predicted molar refractivity (Wildman–Crippen MR) is 63.2 cm³/mol. The molecule has 0 spiro atoms. The van der Waals surface area contributed by atoms with Crippen molar-refractivity contribution in [3.63, 3.8) is 0 Å². The van der Waals surface area contributed by atoms with Gasteiger partial charge < -0.3 is 19.7 Å². The quantitative estimate of drug-likeness (QED) is 0.885. The lowest BCUT2D eigenvalue weighted by atomic mass is 10.1. The predicted octanol–water partition coefficient (Wildman–Crippen LogP) is 1.50. The highest BCUT2D eigenvalue weighted by Crippen LogP contribution is 2.40. The van der Waals surface area contributed by atoms with Crippen molar-refractivity contribution in [2.24, 2.45) is 5.73 Å². The Hall–Kier alpha value is -2.15. The molecule has 2 N–H and O–H groups in total. The topological polar surface area (TPSA) is 83.4 Å². The number of nitrogens with two attached hydrogens (primary N) is 1. The Morgan fingerprint density at radius 1 is 1.26 bits per heavy atom. The first-order valence-corrected chi connectivity index (χ1v) is 5.90. The number of hydrogen-bond acceptors (Lipinski definition) is 6. The summed E-state index contributed by atoms with van der Waals surface area (Å²) in [6.45, 7) is 1.07. The minimum absolute atomic E-state index is 0.0982. The fourth-order valence-corrected chi connectivity index (χ4v) is 1.86. The minimum Gasteiger partial charge on any atom is -0.490 e. The zero-order valence-corrected chi connectivity index (χ0v) is 10.1. The summed E-state index contributed by atoms with van der Waals surface area (Å²) in [4.78, 5) is 4.02. The molecule has 2 aromatic rings. The fraction of sp³-hybridized carbons (Fsp3) is 0.333. The van der Waals surface area contributed by atoms with Gasteiger partial charge in [-0.1, -0.05) is 5.16 Å². The number of benzene rings is 1. The highest BCUT2D eigenvalue weighted by molar-refractivity contribution is 5.69. The minimum atomic E-state index is -0.492. The van der Waals surface area contributed by atoms with Crippen LogP contribution >= 0.6 is 0 Å². The van der Waals surface area contributed by atoms with Crippen LogP contribution in [0.5, 0.6) is 11.5 Å². The lowest BCUT2D eigenvalue weighted by molar-refractivity contribution is 0.297. The summed E-state index contributed by atoms with van der Waals surface area (Å²) in [5.74, 6) is 0.644. The van der Waals surface area contributed by atoms with E-state index < -0.39 is 5.82 Å². The molecular weight excluding hydrogens is 253 g/mol. The van der Waals surface area contributed by atoms with E-state index in [0.29, 0.717) is 24.7 Å². The van der Waals surface area contributed by atoms with E-state index in [9.17, 15) is 4.39 Å². The summed E-state index contributed by atoms with van der Waals surface area (Å²) >= 11 is 0. The standard InChI is InChI=1S/C12H12FN3O3/c13-7-2-3-8-11(18-5-1-4-17-8)10(7)12-15-9(6-14)19-16-12/h2-3H,1,4-6,14H2. The summed E-state index contributed by atoms with van der Waals surface area (Å²) in [5.41, 5.74) is 5.54. The van der Waals surface area contributed by atoms with Gasteiger partial charge in [0.2, 0.25) is 11.7 Å². The van der Waals surface area contributed by atoms with Crippen molar-refractivity contribution in [1.29, 1.82) is 0 Å². The number of rotatable bonds is 2. The van der Waals surface area contributed by atoms with Gasteiger partial charge in [-0.15, -0.1) is 0 Å². The average Bonchev–Trinajstić information content (AvgIpc) is 2.76. The number of nitrogens with zero attached hydrogens (tertiary/aromatic N) is 2. The Morgan fingerprint density at radius 3 is 2.89 bits per heavy atom. The van der Waals surface area contributed by atoms with Crippen LogP contribution in [0.25, 0.3) is 11.4 Å². The van der Waals surface area contributed by atoms with E-state index in [4.69, 9.17) is 19.7 Å². The summed E-state index contributed by atoms with van der Waals surface area (Å²) < 4.78 is 30.0. The summed E-state index contributed by atoms with van der Waals surface area (Å²) in [7, 11) is 0. The maximum atomic E-state index is 14.0. The van der Waals surface area contributed by atoms with E-state index in [2.05, 4.69) is 10.1 Å². The molecule has 0 unspecified atom stereocenters. The average molecular weight is 265 g/mol. The third kappa shape index (κ3) is 2.12. The lowest BCUT2D eigenvalue weighted by Crippen LogP contribution is -1.99. The molecule has 1 aliphatic heterocycles. The van der Waals surface area contributed by atoms with Gasteiger partial charge in [0.15, 0.2) is 11.5 Å². The Labute approximate surface area is 108 Å². The molecule has 2 heterocycles. The molecule has 1 aliphatic rings. The van der Waals surface area contributed by atoms with Crippen LogP contribution in [-0.4, -0.2) is 23.4 Å². The largest absolute Gasteiger partial charge is 0.490 e. The number of aromatic nitrogens is 2. The zero-order chi connectivity index (χ0) is 13.2. The van der Waals surface area contributed by atoms with Crippen LogP contribution < -0.4 is 15.2 Å². The van der Waals surface area contributed by atoms with Gasteiger partial charge in [-0.25, -0.2) is 4.39 Å². The van der Waals surface area contributed by atoms with E-state index >= 15 is 0 Å². The molecule has 0 radical (unpaired) electrons. The second kappa shape index (κ2) is 4.85. The summed E-state index contributed by atoms with van der Waals surface area (Å²) in [6, 6.07) is 2.82. The van der Waals surface area contributed by atoms with Gasteiger partial charge in [0.25, 0.3) is 0 Å². The van der Waals surface area contributed by atoms with E-state index in [1.54, 1.807) is 0 Å².